The van der Waals surface area contributed by atoms with Crippen LogP contribution in [-0.4, -0.2) is 55.5 Å². The highest BCUT2D eigenvalue weighted by Crippen LogP contribution is 2.16. The lowest BCUT2D eigenvalue weighted by Crippen LogP contribution is -2.43. The molecule has 1 aromatic rings. The molecule has 1 aromatic carbocycles. The highest BCUT2D eigenvalue weighted by Gasteiger charge is 2.22. The molecule has 120 valence electrons. The molecule has 1 saturated heterocycles. The highest BCUT2D eigenvalue weighted by molar-refractivity contribution is 5.91. The van der Waals surface area contributed by atoms with Crippen LogP contribution in [0.25, 0.3) is 6.08 Å². The van der Waals surface area contributed by atoms with E-state index in [1.54, 1.807) is 6.08 Å². The quantitative estimate of drug-likeness (QED) is 0.784. The molecule has 1 fully saturated rings. The third kappa shape index (κ3) is 4.60. The summed E-state index contributed by atoms with van der Waals surface area (Å²) in [5.41, 5.74) is 1.01. The summed E-state index contributed by atoms with van der Waals surface area (Å²) in [6.45, 7) is 4.75. The van der Waals surface area contributed by atoms with Crippen molar-refractivity contribution in [3.8, 4) is 5.75 Å². The maximum absolute atomic E-state index is 12.3. The van der Waals surface area contributed by atoms with Crippen molar-refractivity contribution in [2.75, 3.05) is 33.8 Å². The molecular weight excluding hydrogens is 276 g/mol. The third-order valence-corrected chi connectivity index (χ3v) is 4.19. The Hall–Kier alpha value is -1.81. The number of likely N-dealkylation sites (N-methyl/N-ethyl adjacent to an activating group) is 1. The normalized spacial score (nSPS) is 16.9. The van der Waals surface area contributed by atoms with E-state index >= 15 is 0 Å². The molecule has 1 aliphatic heterocycles. The molecule has 4 nitrogen and oxygen atoms in total. The Bertz CT molecular complexity index is 502. The van der Waals surface area contributed by atoms with Gasteiger partial charge in [0.15, 0.2) is 0 Å². The lowest BCUT2D eigenvalue weighted by atomic mass is 10.0. The van der Waals surface area contributed by atoms with Gasteiger partial charge in [-0.05, 0) is 63.7 Å². The van der Waals surface area contributed by atoms with Crippen molar-refractivity contribution in [1.29, 1.82) is 0 Å². The van der Waals surface area contributed by atoms with Gasteiger partial charge in [0.1, 0.15) is 5.75 Å². The molecule has 0 unspecified atom stereocenters. The van der Waals surface area contributed by atoms with E-state index in [1.165, 1.54) is 0 Å². The molecule has 1 aliphatic rings. The maximum Gasteiger partial charge on any atom is 0.246 e. The zero-order chi connectivity index (χ0) is 15.9. The van der Waals surface area contributed by atoms with Crippen molar-refractivity contribution >= 4 is 12.0 Å². The fourth-order valence-corrected chi connectivity index (χ4v) is 2.69. The van der Waals surface area contributed by atoms with Crippen LogP contribution in [0.2, 0.25) is 0 Å². The van der Waals surface area contributed by atoms with Crippen LogP contribution in [-0.2, 0) is 4.79 Å². The number of hydrogen-bond acceptors (Lipinski definition) is 3. The van der Waals surface area contributed by atoms with Crippen LogP contribution in [0, 0.1) is 0 Å². The van der Waals surface area contributed by atoms with Crippen molar-refractivity contribution in [3.63, 3.8) is 0 Å². The van der Waals surface area contributed by atoms with E-state index in [2.05, 4.69) is 11.9 Å². The Morgan fingerprint density at radius 1 is 1.32 bits per heavy atom. The Labute approximate surface area is 133 Å². The molecule has 4 heteroatoms. The molecule has 1 heterocycles. The molecule has 0 radical (unpaired) electrons. The number of piperidine rings is 1. The summed E-state index contributed by atoms with van der Waals surface area (Å²) in [7, 11) is 4.03. The van der Waals surface area contributed by atoms with Gasteiger partial charge in [0.25, 0.3) is 0 Å². The van der Waals surface area contributed by atoms with Gasteiger partial charge in [0.2, 0.25) is 5.91 Å². The Kier molecular flexibility index (Phi) is 6.01. The summed E-state index contributed by atoms with van der Waals surface area (Å²) >= 11 is 0. The highest BCUT2D eigenvalue weighted by atomic mass is 16.5. The van der Waals surface area contributed by atoms with Crippen LogP contribution in [0.4, 0.5) is 0 Å². The van der Waals surface area contributed by atoms with E-state index in [1.807, 2.05) is 49.2 Å². The van der Waals surface area contributed by atoms with Gasteiger partial charge in [-0.15, -0.1) is 0 Å². The fraction of sp³-hybridized carbons (Fsp3) is 0.500. The molecule has 0 aromatic heterocycles. The van der Waals surface area contributed by atoms with Crippen LogP contribution in [0.15, 0.2) is 30.3 Å². The van der Waals surface area contributed by atoms with E-state index in [0.717, 1.165) is 37.2 Å². The minimum Gasteiger partial charge on any atom is -0.494 e. The number of carbonyl (C=O) groups excluding carboxylic acids is 1. The van der Waals surface area contributed by atoms with Crippen LogP contribution in [0.3, 0.4) is 0 Å². The molecular formula is C18H26N2O2. The molecule has 0 saturated carbocycles. The maximum atomic E-state index is 12.3. The summed E-state index contributed by atoms with van der Waals surface area (Å²) in [5.74, 6) is 0.929. The van der Waals surface area contributed by atoms with E-state index in [0.29, 0.717) is 12.6 Å². The van der Waals surface area contributed by atoms with Crippen LogP contribution in [0.5, 0.6) is 5.75 Å². The zero-order valence-electron chi connectivity index (χ0n) is 13.8. The molecule has 0 aliphatic carbocycles. The molecule has 0 N–H and O–H groups in total. The standard InChI is InChI=1S/C18H26N2O2/c1-4-22-17-8-5-15(6-9-17)7-10-18(21)20(3)16-11-13-19(2)14-12-16/h5-10,16H,4,11-14H2,1-3H3/b10-7+. The van der Waals surface area contributed by atoms with Gasteiger partial charge >= 0.3 is 0 Å². The van der Waals surface area contributed by atoms with E-state index < -0.39 is 0 Å². The number of carbonyl (C=O) groups is 1. The minimum absolute atomic E-state index is 0.0726. The minimum atomic E-state index is 0.0726. The lowest BCUT2D eigenvalue weighted by Gasteiger charge is -2.34. The second-order valence-electron chi connectivity index (χ2n) is 5.82. The Morgan fingerprint density at radius 3 is 2.55 bits per heavy atom. The van der Waals surface area contributed by atoms with Crippen LogP contribution in [0.1, 0.15) is 25.3 Å². The van der Waals surface area contributed by atoms with Crippen molar-refractivity contribution < 1.29 is 9.53 Å². The first-order chi connectivity index (χ1) is 10.6. The van der Waals surface area contributed by atoms with Crippen molar-refractivity contribution in [1.82, 2.24) is 9.80 Å². The number of benzene rings is 1. The fourth-order valence-electron chi connectivity index (χ4n) is 2.69. The summed E-state index contributed by atoms with van der Waals surface area (Å²) in [6, 6.07) is 8.13. The number of nitrogens with zero attached hydrogens (tertiary/aromatic N) is 2. The molecule has 1 amide bonds. The first-order valence-corrected chi connectivity index (χ1v) is 7.96. The third-order valence-electron chi connectivity index (χ3n) is 4.19. The Balaban J connectivity index is 1.89. The smallest absolute Gasteiger partial charge is 0.246 e. The van der Waals surface area contributed by atoms with Crippen molar-refractivity contribution in [2.24, 2.45) is 0 Å². The monoisotopic (exact) mass is 302 g/mol. The van der Waals surface area contributed by atoms with Crippen LogP contribution < -0.4 is 4.74 Å². The number of likely N-dealkylation sites (tertiary alicyclic amines) is 1. The number of hydrogen-bond donors (Lipinski definition) is 0. The van der Waals surface area contributed by atoms with Gasteiger partial charge in [0.05, 0.1) is 6.61 Å². The molecule has 0 bridgehead atoms. The zero-order valence-corrected chi connectivity index (χ0v) is 13.8. The number of rotatable bonds is 5. The topological polar surface area (TPSA) is 32.8 Å². The SMILES string of the molecule is CCOc1ccc(/C=C/C(=O)N(C)C2CCN(C)CC2)cc1. The summed E-state index contributed by atoms with van der Waals surface area (Å²) in [5, 5.41) is 0. The first kappa shape index (κ1) is 16.6. The van der Waals surface area contributed by atoms with Gasteiger partial charge in [0, 0.05) is 19.2 Å². The van der Waals surface area contributed by atoms with Crippen LogP contribution >= 0.6 is 0 Å². The molecule has 22 heavy (non-hydrogen) atoms. The second-order valence-corrected chi connectivity index (χ2v) is 5.82. The second kappa shape index (κ2) is 7.99. The lowest BCUT2D eigenvalue weighted by molar-refractivity contribution is -0.127. The Morgan fingerprint density at radius 2 is 1.95 bits per heavy atom. The average Bonchev–Trinajstić information content (AvgIpc) is 2.54. The summed E-state index contributed by atoms with van der Waals surface area (Å²) < 4.78 is 5.41. The summed E-state index contributed by atoms with van der Waals surface area (Å²) in [4.78, 5) is 16.5. The number of amides is 1. The van der Waals surface area contributed by atoms with Gasteiger partial charge in [-0.2, -0.15) is 0 Å². The van der Waals surface area contributed by atoms with Crippen molar-refractivity contribution in [3.05, 3.63) is 35.9 Å². The first-order valence-electron chi connectivity index (χ1n) is 7.96. The summed E-state index contributed by atoms with van der Waals surface area (Å²) in [6.07, 6.45) is 5.63. The van der Waals surface area contributed by atoms with Gasteiger partial charge in [-0.1, -0.05) is 12.1 Å². The molecule has 2 rings (SSSR count). The van der Waals surface area contributed by atoms with Crippen molar-refractivity contribution in [2.45, 2.75) is 25.8 Å². The molecule has 0 spiro atoms. The van der Waals surface area contributed by atoms with Gasteiger partial charge in [-0.25, -0.2) is 0 Å². The van der Waals surface area contributed by atoms with Gasteiger partial charge < -0.3 is 14.5 Å². The largest absolute Gasteiger partial charge is 0.494 e. The predicted octanol–water partition coefficient (Wildman–Crippen LogP) is 2.65. The van der Waals surface area contributed by atoms with E-state index in [-0.39, 0.29) is 5.91 Å². The van der Waals surface area contributed by atoms with E-state index in [9.17, 15) is 4.79 Å². The van der Waals surface area contributed by atoms with E-state index in [4.69, 9.17) is 4.74 Å². The number of ether oxygens (including phenoxy) is 1. The predicted molar refractivity (Wildman–Crippen MR) is 89.9 cm³/mol. The average molecular weight is 302 g/mol. The molecule has 0 atom stereocenters. The van der Waals surface area contributed by atoms with Gasteiger partial charge in [-0.3, -0.25) is 4.79 Å².